The van der Waals surface area contributed by atoms with Crippen molar-refractivity contribution in [3.05, 3.63) is 70.9 Å². The van der Waals surface area contributed by atoms with Crippen LogP contribution >= 0.6 is 11.3 Å². The van der Waals surface area contributed by atoms with Gasteiger partial charge in [-0.05, 0) is 53.4 Å². The molecule has 0 spiro atoms. The molecule has 24 heavy (non-hydrogen) atoms. The van der Waals surface area contributed by atoms with E-state index >= 15 is 0 Å². The molecule has 124 valence electrons. The first-order valence-corrected chi connectivity index (χ1v) is 8.73. The van der Waals surface area contributed by atoms with Crippen LogP contribution < -0.4 is 10.6 Å². The van der Waals surface area contributed by atoms with Gasteiger partial charge < -0.3 is 10.6 Å². The standard InChI is InChI=1S/C19H19FN2OS/c1-13(10-15-12-24-18-5-3-2-4-17(15)18)22-19(23)21-11-14-6-8-16(20)9-7-14/h2-9,12-13H,10-11H2,1H3,(H2,21,22,23). The van der Waals surface area contributed by atoms with Gasteiger partial charge >= 0.3 is 6.03 Å². The molecule has 2 aromatic carbocycles. The van der Waals surface area contributed by atoms with Crippen molar-refractivity contribution >= 4 is 27.5 Å². The average Bonchev–Trinajstić information content (AvgIpc) is 2.97. The molecule has 0 saturated heterocycles. The van der Waals surface area contributed by atoms with Crippen molar-refractivity contribution in [1.82, 2.24) is 10.6 Å². The Balaban J connectivity index is 1.51. The first-order chi connectivity index (χ1) is 11.6. The predicted octanol–water partition coefficient (Wildman–Crippen LogP) is 4.47. The number of halogens is 1. The normalized spacial score (nSPS) is 12.1. The number of carbonyl (C=O) groups excluding carboxylic acids is 1. The summed E-state index contributed by atoms with van der Waals surface area (Å²) in [6.07, 6.45) is 0.786. The molecule has 0 fully saturated rings. The quantitative estimate of drug-likeness (QED) is 0.706. The van der Waals surface area contributed by atoms with E-state index in [0.717, 1.165) is 12.0 Å². The second kappa shape index (κ2) is 7.45. The van der Waals surface area contributed by atoms with Gasteiger partial charge in [0.25, 0.3) is 0 Å². The van der Waals surface area contributed by atoms with E-state index in [4.69, 9.17) is 0 Å². The van der Waals surface area contributed by atoms with Crippen LogP contribution in [0.2, 0.25) is 0 Å². The van der Waals surface area contributed by atoms with Crippen molar-refractivity contribution in [1.29, 1.82) is 0 Å². The summed E-state index contributed by atoms with van der Waals surface area (Å²) in [4.78, 5) is 12.0. The Morgan fingerprint density at radius 3 is 2.71 bits per heavy atom. The van der Waals surface area contributed by atoms with Crippen molar-refractivity contribution in [2.45, 2.75) is 25.9 Å². The number of hydrogen-bond donors (Lipinski definition) is 2. The van der Waals surface area contributed by atoms with Gasteiger partial charge in [0.1, 0.15) is 5.82 Å². The van der Waals surface area contributed by atoms with E-state index in [9.17, 15) is 9.18 Å². The van der Waals surface area contributed by atoms with Crippen LogP contribution in [0.3, 0.4) is 0 Å². The molecular formula is C19H19FN2OS. The summed E-state index contributed by atoms with van der Waals surface area (Å²) in [5.41, 5.74) is 2.12. The van der Waals surface area contributed by atoms with Crippen molar-refractivity contribution in [3.63, 3.8) is 0 Å². The van der Waals surface area contributed by atoms with E-state index in [1.54, 1.807) is 23.5 Å². The molecule has 1 aromatic heterocycles. The number of amides is 2. The number of hydrogen-bond acceptors (Lipinski definition) is 2. The number of fused-ring (bicyclic) bond motifs is 1. The van der Waals surface area contributed by atoms with Gasteiger partial charge in [-0.25, -0.2) is 9.18 Å². The minimum Gasteiger partial charge on any atom is -0.335 e. The lowest BCUT2D eigenvalue weighted by Gasteiger charge is -2.14. The van der Waals surface area contributed by atoms with Crippen LogP contribution in [-0.2, 0) is 13.0 Å². The Morgan fingerprint density at radius 1 is 1.17 bits per heavy atom. The number of rotatable bonds is 5. The molecule has 3 rings (SSSR count). The van der Waals surface area contributed by atoms with Gasteiger partial charge in [-0.1, -0.05) is 30.3 Å². The first kappa shape index (κ1) is 16.5. The summed E-state index contributed by atoms with van der Waals surface area (Å²) in [6, 6.07) is 14.2. The van der Waals surface area contributed by atoms with Crippen LogP contribution in [0.1, 0.15) is 18.1 Å². The summed E-state index contributed by atoms with van der Waals surface area (Å²) >= 11 is 1.72. The first-order valence-electron chi connectivity index (χ1n) is 7.86. The molecule has 2 amide bonds. The Hall–Kier alpha value is -2.40. The highest BCUT2D eigenvalue weighted by molar-refractivity contribution is 7.17. The second-order valence-electron chi connectivity index (χ2n) is 5.82. The Kier molecular flexibility index (Phi) is 5.11. The molecule has 2 N–H and O–H groups in total. The third-order valence-electron chi connectivity index (χ3n) is 3.83. The monoisotopic (exact) mass is 342 g/mol. The van der Waals surface area contributed by atoms with E-state index in [1.807, 2.05) is 19.1 Å². The molecule has 0 radical (unpaired) electrons. The van der Waals surface area contributed by atoms with Crippen LogP contribution in [0.15, 0.2) is 53.9 Å². The highest BCUT2D eigenvalue weighted by atomic mass is 32.1. The number of carbonyl (C=O) groups is 1. The molecule has 0 aliphatic heterocycles. The maximum Gasteiger partial charge on any atom is 0.315 e. The number of thiophene rings is 1. The van der Waals surface area contributed by atoms with Gasteiger partial charge in [-0.15, -0.1) is 11.3 Å². The molecular weight excluding hydrogens is 323 g/mol. The predicted molar refractivity (Wildman–Crippen MR) is 96.8 cm³/mol. The van der Waals surface area contributed by atoms with Gasteiger partial charge in [0.05, 0.1) is 0 Å². The molecule has 0 aliphatic carbocycles. The maximum atomic E-state index is 12.9. The molecule has 1 atom stereocenters. The largest absolute Gasteiger partial charge is 0.335 e. The summed E-state index contributed by atoms with van der Waals surface area (Å²) in [5.74, 6) is -0.278. The Labute approximate surface area is 144 Å². The van der Waals surface area contributed by atoms with Gasteiger partial charge in [-0.3, -0.25) is 0 Å². The SMILES string of the molecule is CC(Cc1csc2ccccc12)NC(=O)NCc1ccc(F)cc1. The highest BCUT2D eigenvalue weighted by Crippen LogP contribution is 2.26. The van der Waals surface area contributed by atoms with Crippen molar-refractivity contribution in [2.75, 3.05) is 0 Å². The van der Waals surface area contributed by atoms with Gasteiger partial charge in [-0.2, -0.15) is 0 Å². The zero-order chi connectivity index (χ0) is 16.9. The van der Waals surface area contributed by atoms with E-state index in [0.29, 0.717) is 6.54 Å². The van der Waals surface area contributed by atoms with Crippen LogP contribution in [0.5, 0.6) is 0 Å². The molecule has 5 heteroatoms. The average molecular weight is 342 g/mol. The van der Waals surface area contributed by atoms with Crippen LogP contribution in [0.4, 0.5) is 9.18 Å². The zero-order valence-electron chi connectivity index (χ0n) is 13.4. The van der Waals surface area contributed by atoms with Crippen molar-refractivity contribution < 1.29 is 9.18 Å². The topological polar surface area (TPSA) is 41.1 Å². The smallest absolute Gasteiger partial charge is 0.315 e. The lowest BCUT2D eigenvalue weighted by atomic mass is 10.1. The summed E-state index contributed by atoms with van der Waals surface area (Å²) < 4.78 is 14.1. The third-order valence-corrected chi connectivity index (χ3v) is 4.84. The molecule has 0 saturated carbocycles. The van der Waals surface area contributed by atoms with Gasteiger partial charge in [0.2, 0.25) is 0 Å². The number of urea groups is 1. The van der Waals surface area contributed by atoms with Crippen LogP contribution in [0.25, 0.3) is 10.1 Å². The van der Waals surface area contributed by atoms with E-state index in [1.165, 1.54) is 27.8 Å². The number of benzene rings is 2. The molecule has 1 heterocycles. The fourth-order valence-corrected chi connectivity index (χ4v) is 3.61. The van der Waals surface area contributed by atoms with Gasteiger partial charge in [0.15, 0.2) is 0 Å². The lowest BCUT2D eigenvalue weighted by Crippen LogP contribution is -2.41. The van der Waals surface area contributed by atoms with Gasteiger partial charge in [0, 0.05) is 17.3 Å². The summed E-state index contributed by atoms with van der Waals surface area (Å²) in [7, 11) is 0. The fourth-order valence-electron chi connectivity index (χ4n) is 2.63. The van der Waals surface area contributed by atoms with Crippen molar-refractivity contribution in [2.24, 2.45) is 0 Å². The second-order valence-corrected chi connectivity index (χ2v) is 6.73. The Bertz CT molecular complexity index is 829. The van der Waals surface area contributed by atoms with Crippen molar-refractivity contribution in [3.8, 4) is 0 Å². The minimum absolute atomic E-state index is 0.0243. The van der Waals surface area contributed by atoms with E-state index < -0.39 is 0 Å². The molecule has 0 aliphatic rings. The minimum atomic E-state index is -0.278. The lowest BCUT2D eigenvalue weighted by molar-refractivity contribution is 0.237. The van der Waals surface area contributed by atoms with Crippen LogP contribution in [0, 0.1) is 5.82 Å². The number of nitrogens with one attached hydrogen (secondary N) is 2. The zero-order valence-corrected chi connectivity index (χ0v) is 14.2. The van der Waals surface area contributed by atoms with Crippen LogP contribution in [-0.4, -0.2) is 12.1 Å². The summed E-state index contributed by atoms with van der Waals surface area (Å²) in [6.45, 7) is 2.37. The Morgan fingerprint density at radius 2 is 1.92 bits per heavy atom. The summed E-state index contributed by atoms with van der Waals surface area (Å²) in [5, 5.41) is 9.15. The fraction of sp³-hybridized carbons (Fsp3) is 0.211. The molecule has 3 nitrogen and oxygen atoms in total. The third kappa shape index (κ3) is 4.11. The van der Waals surface area contributed by atoms with E-state index in [2.05, 4.69) is 28.1 Å². The maximum absolute atomic E-state index is 12.9. The van der Waals surface area contributed by atoms with E-state index in [-0.39, 0.29) is 17.9 Å². The molecule has 0 bridgehead atoms. The highest BCUT2D eigenvalue weighted by Gasteiger charge is 2.11. The molecule has 1 unspecified atom stereocenters. The molecule has 3 aromatic rings.